The molecular weight excluding hydrogens is 314 g/mol. The summed E-state index contributed by atoms with van der Waals surface area (Å²) in [4.78, 5) is 14.9. The average Bonchev–Trinajstić information content (AvgIpc) is 3.35. The zero-order chi connectivity index (χ0) is 17.2. The fourth-order valence-electron chi connectivity index (χ4n) is 3.63. The van der Waals surface area contributed by atoms with Gasteiger partial charge >= 0.3 is 0 Å². The zero-order valence-electron chi connectivity index (χ0n) is 14.6. The summed E-state index contributed by atoms with van der Waals surface area (Å²) in [5.41, 5.74) is 1.76. The molecule has 0 bridgehead atoms. The molecule has 132 valence electrons. The van der Waals surface area contributed by atoms with Crippen molar-refractivity contribution in [1.29, 1.82) is 0 Å². The highest BCUT2D eigenvalue weighted by Crippen LogP contribution is 2.40. The van der Waals surface area contributed by atoms with Crippen molar-refractivity contribution in [3.63, 3.8) is 0 Å². The molecule has 5 heteroatoms. The molecule has 1 amide bonds. The van der Waals surface area contributed by atoms with Crippen molar-refractivity contribution in [3.8, 4) is 0 Å². The molecule has 1 saturated heterocycles. The van der Waals surface area contributed by atoms with E-state index in [0.29, 0.717) is 17.5 Å². The summed E-state index contributed by atoms with van der Waals surface area (Å²) in [6.07, 6.45) is 3.26. The quantitative estimate of drug-likeness (QED) is 0.909. The van der Waals surface area contributed by atoms with Crippen LogP contribution in [0.15, 0.2) is 40.9 Å². The lowest BCUT2D eigenvalue weighted by Gasteiger charge is -2.37. The number of carbonyl (C=O) groups excluding carboxylic acids is 1. The van der Waals surface area contributed by atoms with Crippen LogP contribution < -0.4 is 5.32 Å². The van der Waals surface area contributed by atoms with Crippen LogP contribution in [0.4, 0.5) is 0 Å². The first kappa shape index (κ1) is 16.3. The Labute approximate surface area is 148 Å². The van der Waals surface area contributed by atoms with Crippen LogP contribution in [0, 0.1) is 5.92 Å². The molecule has 1 aliphatic heterocycles. The molecule has 0 unspecified atom stereocenters. The molecule has 1 aromatic heterocycles. The van der Waals surface area contributed by atoms with Gasteiger partial charge in [0.2, 0.25) is 0 Å². The van der Waals surface area contributed by atoms with E-state index in [1.807, 2.05) is 12.1 Å². The second-order valence-corrected chi connectivity index (χ2v) is 7.46. The highest BCUT2D eigenvalue weighted by Gasteiger charge is 2.31. The maximum atomic E-state index is 12.4. The number of nitrogens with zero attached hydrogens (tertiary/aromatic N) is 2. The number of nitrogens with one attached hydrogen (secondary N) is 1. The third-order valence-electron chi connectivity index (χ3n) is 5.30. The molecule has 4 rings (SSSR count). The van der Waals surface area contributed by atoms with Gasteiger partial charge in [0, 0.05) is 37.7 Å². The summed E-state index contributed by atoms with van der Waals surface area (Å²) in [7, 11) is 0. The van der Waals surface area contributed by atoms with Crippen LogP contribution in [-0.2, 0) is 6.54 Å². The molecule has 1 aliphatic carbocycles. The van der Waals surface area contributed by atoms with Gasteiger partial charge in [-0.2, -0.15) is 0 Å². The molecule has 2 heterocycles. The topological polar surface area (TPSA) is 58.4 Å². The third kappa shape index (κ3) is 3.93. The number of piperidine rings is 1. The lowest BCUT2D eigenvalue weighted by atomic mass is 9.93. The van der Waals surface area contributed by atoms with Crippen molar-refractivity contribution >= 4 is 5.91 Å². The fraction of sp³-hybridized carbons (Fsp3) is 0.500. The predicted octanol–water partition coefficient (Wildman–Crippen LogP) is 3.19. The summed E-state index contributed by atoms with van der Waals surface area (Å²) in [5, 5.41) is 7.10. The average molecular weight is 339 g/mol. The van der Waals surface area contributed by atoms with Crippen LogP contribution >= 0.6 is 0 Å². The van der Waals surface area contributed by atoms with E-state index in [1.165, 1.54) is 5.56 Å². The second kappa shape index (κ2) is 7.00. The normalized spacial score (nSPS) is 24.2. The van der Waals surface area contributed by atoms with Gasteiger partial charge in [0.25, 0.3) is 5.91 Å². The number of hydrogen-bond acceptors (Lipinski definition) is 4. The first-order valence-corrected chi connectivity index (χ1v) is 9.23. The molecule has 2 aromatic rings. The molecule has 2 aliphatic rings. The van der Waals surface area contributed by atoms with E-state index in [2.05, 4.69) is 46.6 Å². The minimum absolute atomic E-state index is 0.107. The van der Waals surface area contributed by atoms with E-state index in [1.54, 1.807) is 0 Å². The SMILES string of the molecule is C[C@H]1CN(Cc2ccccc2)CC[C@@H]1NC(=O)c1cc(C2CC2)on1. The van der Waals surface area contributed by atoms with Gasteiger partial charge in [0.05, 0.1) is 0 Å². The number of likely N-dealkylation sites (tertiary alicyclic amines) is 1. The Morgan fingerprint density at radius 1 is 1.28 bits per heavy atom. The fourth-order valence-corrected chi connectivity index (χ4v) is 3.63. The van der Waals surface area contributed by atoms with E-state index < -0.39 is 0 Å². The Balaban J connectivity index is 1.30. The van der Waals surface area contributed by atoms with Crippen molar-refractivity contribution in [3.05, 3.63) is 53.4 Å². The smallest absolute Gasteiger partial charge is 0.273 e. The molecule has 0 radical (unpaired) electrons. The van der Waals surface area contributed by atoms with Crippen molar-refractivity contribution in [2.24, 2.45) is 5.92 Å². The highest BCUT2D eigenvalue weighted by molar-refractivity contribution is 5.92. The minimum Gasteiger partial charge on any atom is -0.360 e. The van der Waals surface area contributed by atoms with Crippen LogP contribution in [0.25, 0.3) is 0 Å². The molecule has 1 N–H and O–H groups in total. The molecule has 0 spiro atoms. The standard InChI is InChI=1S/C20H25N3O2/c1-14-12-23(13-15-5-3-2-4-6-15)10-9-17(14)21-20(24)18-11-19(25-22-18)16-7-8-16/h2-6,11,14,16-17H,7-10,12-13H2,1H3,(H,21,24)/t14-,17-/m0/s1. The Hall–Kier alpha value is -2.14. The number of carbonyl (C=O) groups is 1. The Morgan fingerprint density at radius 3 is 2.80 bits per heavy atom. The van der Waals surface area contributed by atoms with Gasteiger partial charge in [-0.05, 0) is 30.7 Å². The Kier molecular flexibility index (Phi) is 4.57. The number of hydrogen-bond donors (Lipinski definition) is 1. The molecule has 25 heavy (non-hydrogen) atoms. The molecule has 2 atom stereocenters. The maximum Gasteiger partial charge on any atom is 0.273 e. The van der Waals surface area contributed by atoms with Crippen LogP contribution in [-0.4, -0.2) is 35.1 Å². The van der Waals surface area contributed by atoms with Gasteiger partial charge in [0.1, 0.15) is 5.76 Å². The van der Waals surface area contributed by atoms with Gasteiger partial charge in [-0.1, -0.05) is 42.4 Å². The van der Waals surface area contributed by atoms with Crippen molar-refractivity contribution in [2.75, 3.05) is 13.1 Å². The van der Waals surface area contributed by atoms with Crippen molar-refractivity contribution in [1.82, 2.24) is 15.4 Å². The third-order valence-corrected chi connectivity index (χ3v) is 5.30. The number of aromatic nitrogens is 1. The van der Waals surface area contributed by atoms with Gasteiger partial charge in [-0.3, -0.25) is 9.69 Å². The maximum absolute atomic E-state index is 12.4. The summed E-state index contributed by atoms with van der Waals surface area (Å²) >= 11 is 0. The summed E-state index contributed by atoms with van der Waals surface area (Å²) in [6.45, 7) is 5.17. The van der Waals surface area contributed by atoms with Crippen LogP contribution in [0.5, 0.6) is 0 Å². The van der Waals surface area contributed by atoms with E-state index in [0.717, 1.165) is 44.7 Å². The van der Waals surface area contributed by atoms with E-state index in [-0.39, 0.29) is 11.9 Å². The van der Waals surface area contributed by atoms with Gasteiger partial charge in [-0.25, -0.2) is 0 Å². The largest absolute Gasteiger partial charge is 0.360 e. The van der Waals surface area contributed by atoms with Crippen LogP contribution in [0.2, 0.25) is 0 Å². The highest BCUT2D eigenvalue weighted by atomic mass is 16.5. The Morgan fingerprint density at radius 2 is 2.08 bits per heavy atom. The summed E-state index contributed by atoms with van der Waals surface area (Å²) in [6, 6.07) is 12.6. The van der Waals surface area contributed by atoms with Crippen LogP contribution in [0.1, 0.15) is 53.9 Å². The zero-order valence-corrected chi connectivity index (χ0v) is 14.6. The van der Waals surface area contributed by atoms with Gasteiger partial charge in [-0.15, -0.1) is 0 Å². The predicted molar refractivity (Wildman–Crippen MR) is 95.2 cm³/mol. The van der Waals surface area contributed by atoms with Gasteiger partial charge in [0.15, 0.2) is 5.69 Å². The van der Waals surface area contributed by atoms with Crippen molar-refractivity contribution < 1.29 is 9.32 Å². The molecular formula is C20H25N3O2. The van der Waals surface area contributed by atoms with Crippen molar-refractivity contribution in [2.45, 2.75) is 44.7 Å². The first-order chi connectivity index (χ1) is 12.2. The molecule has 2 fully saturated rings. The number of rotatable bonds is 5. The minimum atomic E-state index is -0.107. The second-order valence-electron chi connectivity index (χ2n) is 7.46. The van der Waals surface area contributed by atoms with E-state index >= 15 is 0 Å². The monoisotopic (exact) mass is 339 g/mol. The van der Waals surface area contributed by atoms with E-state index in [9.17, 15) is 4.79 Å². The summed E-state index contributed by atoms with van der Waals surface area (Å²) < 4.78 is 5.29. The number of amides is 1. The summed E-state index contributed by atoms with van der Waals surface area (Å²) in [5.74, 6) is 1.64. The molecule has 1 saturated carbocycles. The van der Waals surface area contributed by atoms with E-state index in [4.69, 9.17) is 4.52 Å². The molecule has 1 aromatic carbocycles. The molecule has 5 nitrogen and oxygen atoms in total. The Bertz CT molecular complexity index is 724. The number of benzene rings is 1. The lowest BCUT2D eigenvalue weighted by Crippen LogP contribution is -2.49. The van der Waals surface area contributed by atoms with Gasteiger partial charge < -0.3 is 9.84 Å². The first-order valence-electron chi connectivity index (χ1n) is 9.23. The van der Waals surface area contributed by atoms with Crippen LogP contribution in [0.3, 0.4) is 0 Å². The lowest BCUT2D eigenvalue weighted by molar-refractivity contribution is 0.0851.